The van der Waals surface area contributed by atoms with Crippen LogP contribution in [-0.4, -0.2) is 36.6 Å². The Bertz CT molecular complexity index is 798. The van der Waals surface area contributed by atoms with Crippen LogP contribution in [0.1, 0.15) is 28.7 Å². The zero-order valence-corrected chi connectivity index (χ0v) is 13.0. The summed E-state index contributed by atoms with van der Waals surface area (Å²) < 4.78 is 1.88. The molecule has 23 heavy (non-hydrogen) atoms. The van der Waals surface area contributed by atoms with Crippen LogP contribution in [0.3, 0.4) is 0 Å². The topological polar surface area (TPSA) is 59.7 Å². The lowest BCUT2D eigenvalue weighted by molar-refractivity contribution is 0.161. The molecule has 1 atom stereocenters. The number of fused-ring (bicyclic) bond motifs is 1. The zero-order valence-electron chi connectivity index (χ0n) is 13.0. The molecule has 1 aliphatic rings. The van der Waals surface area contributed by atoms with Crippen LogP contribution in [0.5, 0.6) is 0 Å². The SMILES string of the molecule is Cc1cccc(CN2CCn3nnnc3C2c2ccccn2)c1. The second kappa shape index (κ2) is 5.89. The lowest BCUT2D eigenvalue weighted by atomic mass is 10.1. The molecule has 3 aromatic rings. The Morgan fingerprint density at radius 2 is 2.09 bits per heavy atom. The molecule has 0 fully saturated rings. The van der Waals surface area contributed by atoms with Crippen molar-refractivity contribution >= 4 is 0 Å². The van der Waals surface area contributed by atoms with Crippen LogP contribution in [0.4, 0.5) is 0 Å². The van der Waals surface area contributed by atoms with Crippen molar-refractivity contribution in [3.8, 4) is 0 Å². The highest BCUT2D eigenvalue weighted by Crippen LogP contribution is 2.29. The van der Waals surface area contributed by atoms with Gasteiger partial charge in [0.1, 0.15) is 6.04 Å². The van der Waals surface area contributed by atoms with E-state index in [9.17, 15) is 0 Å². The molecule has 3 heterocycles. The van der Waals surface area contributed by atoms with Gasteiger partial charge in [0.2, 0.25) is 0 Å². The summed E-state index contributed by atoms with van der Waals surface area (Å²) in [5.74, 6) is 0.864. The van der Waals surface area contributed by atoms with Crippen LogP contribution in [0, 0.1) is 6.92 Å². The van der Waals surface area contributed by atoms with Crippen molar-refractivity contribution in [2.75, 3.05) is 6.54 Å². The second-order valence-corrected chi connectivity index (χ2v) is 5.88. The fraction of sp³-hybridized carbons (Fsp3) is 0.294. The van der Waals surface area contributed by atoms with Gasteiger partial charge >= 0.3 is 0 Å². The maximum atomic E-state index is 4.54. The minimum Gasteiger partial charge on any atom is -0.282 e. The van der Waals surface area contributed by atoms with E-state index in [0.29, 0.717) is 0 Å². The van der Waals surface area contributed by atoms with Crippen molar-refractivity contribution < 1.29 is 0 Å². The average molecular weight is 306 g/mol. The fourth-order valence-electron chi connectivity index (χ4n) is 3.15. The van der Waals surface area contributed by atoms with E-state index in [1.54, 1.807) is 0 Å². The van der Waals surface area contributed by atoms with Gasteiger partial charge in [-0.2, -0.15) is 0 Å². The first-order valence-corrected chi connectivity index (χ1v) is 7.78. The molecule has 1 aromatic carbocycles. The monoisotopic (exact) mass is 306 g/mol. The number of aryl methyl sites for hydroxylation is 1. The number of benzene rings is 1. The molecular formula is C17H18N6. The third-order valence-electron chi connectivity index (χ3n) is 4.20. The molecule has 0 amide bonds. The predicted molar refractivity (Wildman–Crippen MR) is 85.5 cm³/mol. The van der Waals surface area contributed by atoms with Crippen molar-refractivity contribution in [2.24, 2.45) is 0 Å². The molecule has 0 radical (unpaired) electrons. The smallest absolute Gasteiger partial charge is 0.174 e. The van der Waals surface area contributed by atoms with Crippen LogP contribution < -0.4 is 0 Å². The number of hydrogen-bond acceptors (Lipinski definition) is 5. The predicted octanol–water partition coefficient (Wildman–Crippen LogP) is 1.98. The van der Waals surface area contributed by atoms with E-state index in [1.165, 1.54) is 11.1 Å². The lowest BCUT2D eigenvalue weighted by Crippen LogP contribution is -2.39. The Morgan fingerprint density at radius 1 is 1.13 bits per heavy atom. The van der Waals surface area contributed by atoms with E-state index in [2.05, 4.69) is 56.6 Å². The van der Waals surface area contributed by atoms with Crippen LogP contribution >= 0.6 is 0 Å². The Morgan fingerprint density at radius 3 is 2.91 bits per heavy atom. The first-order chi connectivity index (χ1) is 11.3. The zero-order chi connectivity index (χ0) is 15.6. The van der Waals surface area contributed by atoms with E-state index < -0.39 is 0 Å². The first-order valence-electron chi connectivity index (χ1n) is 7.78. The van der Waals surface area contributed by atoms with Gasteiger partial charge in [0.05, 0.1) is 12.2 Å². The summed E-state index contributed by atoms with van der Waals surface area (Å²) in [5, 5.41) is 12.2. The lowest BCUT2D eigenvalue weighted by Gasteiger charge is -2.34. The van der Waals surface area contributed by atoms with Gasteiger partial charge in [0.25, 0.3) is 0 Å². The molecule has 116 valence electrons. The molecule has 0 bridgehead atoms. The number of pyridine rings is 1. The third-order valence-corrected chi connectivity index (χ3v) is 4.20. The number of rotatable bonds is 3. The minimum absolute atomic E-state index is 0.0135. The third kappa shape index (κ3) is 2.73. The van der Waals surface area contributed by atoms with Crippen molar-refractivity contribution in [1.29, 1.82) is 0 Å². The summed E-state index contributed by atoms with van der Waals surface area (Å²) in [7, 11) is 0. The molecule has 1 aliphatic heterocycles. The second-order valence-electron chi connectivity index (χ2n) is 5.88. The standard InChI is InChI=1S/C17H18N6/c1-13-5-4-6-14(11-13)12-22-9-10-23-17(19-20-21-23)16(22)15-7-2-3-8-18-15/h2-8,11,16H,9-10,12H2,1H3. The summed E-state index contributed by atoms with van der Waals surface area (Å²) in [5.41, 5.74) is 3.56. The minimum atomic E-state index is -0.0135. The van der Waals surface area contributed by atoms with Crippen LogP contribution in [0.25, 0.3) is 0 Å². The van der Waals surface area contributed by atoms with Crippen molar-refractivity contribution in [2.45, 2.75) is 26.1 Å². The molecule has 4 rings (SSSR count). The number of hydrogen-bond donors (Lipinski definition) is 0. The van der Waals surface area contributed by atoms with Gasteiger partial charge in [-0.1, -0.05) is 35.9 Å². The molecule has 0 N–H and O–H groups in total. The summed E-state index contributed by atoms with van der Waals surface area (Å²) >= 11 is 0. The van der Waals surface area contributed by atoms with Crippen molar-refractivity contribution in [3.63, 3.8) is 0 Å². The van der Waals surface area contributed by atoms with Gasteiger partial charge in [-0.15, -0.1) is 5.10 Å². The molecular weight excluding hydrogens is 288 g/mol. The van der Waals surface area contributed by atoms with E-state index in [-0.39, 0.29) is 6.04 Å². The molecule has 2 aromatic heterocycles. The van der Waals surface area contributed by atoms with Gasteiger partial charge < -0.3 is 0 Å². The Labute approximate surface area is 134 Å². The Balaban J connectivity index is 1.71. The molecule has 6 nitrogen and oxygen atoms in total. The molecule has 1 unspecified atom stereocenters. The molecule has 0 saturated heterocycles. The van der Waals surface area contributed by atoms with Crippen molar-refractivity contribution in [1.82, 2.24) is 30.1 Å². The largest absolute Gasteiger partial charge is 0.282 e. The van der Waals surface area contributed by atoms with E-state index >= 15 is 0 Å². The average Bonchev–Trinajstić information content (AvgIpc) is 3.04. The Kier molecular flexibility index (Phi) is 3.59. The quantitative estimate of drug-likeness (QED) is 0.740. The summed E-state index contributed by atoms with van der Waals surface area (Å²) in [6.07, 6.45) is 1.82. The molecule has 0 aliphatic carbocycles. The highest BCUT2D eigenvalue weighted by Gasteiger charge is 2.32. The molecule has 6 heteroatoms. The van der Waals surface area contributed by atoms with Gasteiger partial charge in [-0.05, 0) is 35.0 Å². The molecule has 0 spiro atoms. The number of tetrazole rings is 1. The summed E-state index contributed by atoms with van der Waals surface area (Å²) in [6.45, 7) is 4.68. The van der Waals surface area contributed by atoms with Crippen LogP contribution in [-0.2, 0) is 13.1 Å². The Hall–Kier alpha value is -2.60. The first kappa shape index (κ1) is 14.0. The van der Waals surface area contributed by atoms with Crippen molar-refractivity contribution in [3.05, 3.63) is 71.3 Å². The normalized spacial score (nSPS) is 17.9. The maximum Gasteiger partial charge on any atom is 0.174 e. The van der Waals surface area contributed by atoms with Gasteiger partial charge in [-0.3, -0.25) is 9.88 Å². The van der Waals surface area contributed by atoms with Crippen LogP contribution in [0.15, 0.2) is 48.7 Å². The highest BCUT2D eigenvalue weighted by atomic mass is 15.6. The van der Waals surface area contributed by atoms with E-state index in [0.717, 1.165) is 31.2 Å². The maximum absolute atomic E-state index is 4.54. The summed E-state index contributed by atoms with van der Waals surface area (Å²) in [4.78, 5) is 6.93. The van der Waals surface area contributed by atoms with Gasteiger partial charge in [-0.25, -0.2) is 4.68 Å². The molecule has 0 saturated carbocycles. The number of nitrogens with zero attached hydrogens (tertiary/aromatic N) is 6. The van der Waals surface area contributed by atoms with E-state index in [4.69, 9.17) is 0 Å². The fourth-order valence-corrected chi connectivity index (χ4v) is 3.15. The summed E-state index contributed by atoms with van der Waals surface area (Å²) in [6, 6.07) is 14.6. The van der Waals surface area contributed by atoms with E-state index in [1.807, 2.05) is 29.1 Å². The number of aromatic nitrogens is 5. The van der Waals surface area contributed by atoms with Gasteiger partial charge in [0, 0.05) is 19.3 Å². The van der Waals surface area contributed by atoms with Gasteiger partial charge in [0.15, 0.2) is 5.82 Å². The van der Waals surface area contributed by atoms with Crippen LogP contribution in [0.2, 0.25) is 0 Å². The highest BCUT2D eigenvalue weighted by molar-refractivity contribution is 5.24.